The van der Waals surface area contributed by atoms with Gasteiger partial charge in [0.05, 0.1) is 18.9 Å². The number of hydrogen-bond donors (Lipinski definition) is 0. The molecule has 0 aliphatic carbocycles. The van der Waals surface area contributed by atoms with Gasteiger partial charge in [-0.25, -0.2) is 9.68 Å². The van der Waals surface area contributed by atoms with Crippen molar-refractivity contribution in [1.29, 1.82) is 0 Å². The maximum atomic E-state index is 5.79. The molecule has 15 heavy (non-hydrogen) atoms. The molecule has 0 bridgehead atoms. The zero-order valence-corrected chi connectivity index (χ0v) is 9.87. The Bertz CT molecular complexity index is 268. The fraction of sp³-hybridized carbons (Fsp3) is 0.818. The molecule has 2 heterocycles. The van der Waals surface area contributed by atoms with Crippen LogP contribution in [0.5, 0.6) is 0 Å². The van der Waals surface area contributed by atoms with Crippen molar-refractivity contribution < 1.29 is 14.4 Å². The Morgan fingerprint density at radius 1 is 1.13 bits per heavy atom. The Morgan fingerprint density at radius 3 is 2.20 bits per heavy atom. The lowest BCUT2D eigenvalue weighted by Gasteiger charge is -2.26. The van der Waals surface area contributed by atoms with Crippen molar-refractivity contribution in [2.24, 2.45) is 0 Å². The first-order chi connectivity index (χ1) is 6.92. The lowest BCUT2D eigenvalue weighted by Crippen LogP contribution is -2.41. The van der Waals surface area contributed by atoms with Gasteiger partial charge < -0.3 is 4.74 Å². The van der Waals surface area contributed by atoms with Crippen molar-refractivity contribution >= 4 is 0 Å². The van der Waals surface area contributed by atoms with E-state index in [1.54, 1.807) is 5.23 Å². The van der Waals surface area contributed by atoms with Crippen LogP contribution in [0.1, 0.15) is 34.1 Å². The predicted molar refractivity (Wildman–Crippen MR) is 55.7 cm³/mol. The van der Waals surface area contributed by atoms with Crippen molar-refractivity contribution in [3.05, 3.63) is 11.8 Å². The highest BCUT2D eigenvalue weighted by Gasteiger charge is 2.50. The molecule has 0 amide bonds. The monoisotopic (exact) mass is 213 g/mol. The predicted octanol–water partition coefficient (Wildman–Crippen LogP) is 2.03. The largest absolute Gasteiger partial charge is 0.377 e. The highest BCUT2D eigenvalue weighted by molar-refractivity contribution is 5.03. The molecular weight excluding hydrogens is 194 g/mol. The summed E-state index contributed by atoms with van der Waals surface area (Å²) in [5.74, 6) is 0. The summed E-state index contributed by atoms with van der Waals surface area (Å²) in [5.41, 5.74) is 0.429. The average Bonchev–Trinajstić information content (AvgIpc) is 2.38. The van der Waals surface area contributed by atoms with E-state index in [0.29, 0.717) is 6.61 Å². The Labute approximate surface area is 90.7 Å². The van der Waals surface area contributed by atoms with E-state index >= 15 is 0 Å². The molecule has 0 aromatic carbocycles. The molecule has 0 saturated carbocycles. The van der Waals surface area contributed by atoms with Crippen LogP contribution in [-0.2, 0) is 14.4 Å². The van der Waals surface area contributed by atoms with Crippen LogP contribution in [0.3, 0.4) is 0 Å². The number of rotatable bonds is 1. The van der Waals surface area contributed by atoms with E-state index in [1.807, 2.05) is 33.8 Å². The topological polar surface area (TPSA) is 30.9 Å². The van der Waals surface area contributed by atoms with Gasteiger partial charge in [0, 0.05) is 6.42 Å². The van der Waals surface area contributed by atoms with Crippen LogP contribution in [0.15, 0.2) is 11.8 Å². The minimum atomic E-state index is -0.313. The Balaban J connectivity index is 2.12. The fourth-order valence-electron chi connectivity index (χ4n) is 1.45. The van der Waals surface area contributed by atoms with E-state index in [-0.39, 0.29) is 11.2 Å². The molecule has 0 radical (unpaired) electrons. The molecule has 4 nitrogen and oxygen atoms in total. The summed E-state index contributed by atoms with van der Waals surface area (Å²) in [4.78, 5) is 11.6. The molecule has 0 aromatic heterocycles. The maximum absolute atomic E-state index is 5.79. The van der Waals surface area contributed by atoms with Gasteiger partial charge >= 0.3 is 0 Å². The average molecular weight is 213 g/mol. The highest BCUT2D eigenvalue weighted by atomic mass is 17.0. The van der Waals surface area contributed by atoms with Gasteiger partial charge in [0.25, 0.3) is 0 Å². The minimum Gasteiger partial charge on any atom is -0.377 e. The Morgan fingerprint density at radius 2 is 1.73 bits per heavy atom. The third kappa shape index (κ3) is 1.89. The SMILES string of the molecule is CC1(C)ON(C2=CCOCC2)OC1(C)C. The zero-order valence-electron chi connectivity index (χ0n) is 9.87. The molecule has 0 aromatic rings. The Hall–Kier alpha value is -0.580. The van der Waals surface area contributed by atoms with Crippen molar-refractivity contribution in [2.45, 2.75) is 45.3 Å². The molecule has 2 rings (SSSR count). The van der Waals surface area contributed by atoms with E-state index in [4.69, 9.17) is 14.4 Å². The molecule has 0 atom stereocenters. The molecule has 0 spiro atoms. The second-order valence-corrected chi connectivity index (χ2v) is 4.98. The lowest BCUT2D eigenvalue weighted by atomic mass is 9.90. The Kier molecular flexibility index (Phi) is 2.53. The summed E-state index contributed by atoms with van der Waals surface area (Å²) in [6.45, 7) is 9.51. The van der Waals surface area contributed by atoms with Gasteiger partial charge in [0.15, 0.2) is 0 Å². The molecule has 1 saturated heterocycles. The highest BCUT2D eigenvalue weighted by Crippen LogP contribution is 2.39. The van der Waals surface area contributed by atoms with Crippen LogP contribution in [0.25, 0.3) is 0 Å². The van der Waals surface area contributed by atoms with Crippen molar-refractivity contribution in [2.75, 3.05) is 13.2 Å². The van der Waals surface area contributed by atoms with E-state index in [9.17, 15) is 0 Å². The first kappa shape index (κ1) is 10.9. The van der Waals surface area contributed by atoms with Crippen LogP contribution in [0, 0.1) is 0 Å². The molecule has 1 fully saturated rings. The van der Waals surface area contributed by atoms with Crippen LogP contribution >= 0.6 is 0 Å². The third-order valence-corrected chi connectivity index (χ3v) is 3.25. The quantitative estimate of drug-likeness (QED) is 0.667. The van der Waals surface area contributed by atoms with E-state index in [2.05, 4.69) is 0 Å². The molecular formula is C11H19NO3. The minimum absolute atomic E-state index is 0.313. The summed E-state index contributed by atoms with van der Waals surface area (Å²) in [6.07, 6.45) is 2.84. The summed E-state index contributed by atoms with van der Waals surface area (Å²) in [7, 11) is 0. The fourth-order valence-corrected chi connectivity index (χ4v) is 1.45. The molecule has 86 valence electrons. The van der Waals surface area contributed by atoms with Gasteiger partial charge in [-0.2, -0.15) is 0 Å². The second kappa shape index (κ2) is 3.47. The molecule has 2 aliphatic heterocycles. The maximum Gasteiger partial charge on any atom is 0.124 e. The summed E-state index contributed by atoms with van der Waals surface area (Å²) in [5, 5.41) is 1.56. The number of hydroxylamine groups is 2. The number of ether oxygens (including phenoxy) is 1. The standard InChI is InChI=1S/C11H19NO3/c1-10(2)11(3,4)15-12(14-10)9-5-7-13-8-6-9/h5H,6-8H2,1-4H3. The van der Waals surface area contributed by atoms with Crippen molar-refractivity contribution in [1.82, 2.24) is 5.23 Å². The van der Waals surface area contributed by atoms with Gasteiger partial charge in [-0.1, -0.05) is 0 Å². The zero-order chi connectivity index (χ0) is 11.1. The smallest absolute Gasteiger partial charge is 0.124 e. The summed E-state index contributed by atoms with van der Waals surface area (Å²) in [6, 6.07) is 0. The lowest BCUT2D eigenvalue weighted by molar-refractivity contribution is -0.305. The third-order valence-electron chi connectivity index (χ3n) is 3.25. The van der Waals surface area contributed by atoms with E-state index in [0.717, 1.165) is 18.7 Å². The normalized spacial score (nSPS) is 29.1. The van der Waals surface area contributed by atoms with Crippen LogP contribution < -0.4 is 0 Å². The van der Waals surface area contributed by atoms with Gasteiger partial charge in [-0.05, 0) is 33.8 Å². The van der Waals surface area contributed by atoms with Gasteiger partial charge in [0.1, 0.15) is 11.2 Å². The molecule has 4 heteroatoms. The number of hydrogen-bond acceptors (Lipinski definition) is 4. The summed E-state index contributed by atoms with van der Waals surface area (Å²) >= 11 is 0. The van der Waals surface area contributed by atoms with Gasteiger partial charge in [-0.3, -0.25) is 0 Å². The van der Waals surface area contributed by atoms with Crippen LogP contribution in [0.4, 0.5) is 0 Å². The first-order valence-electron chi connectivity index (χ1n) is 5.37. The van der Waals surface area contributed by atoms with E-state index in [1.165, 1.54) is 0 Å². The first-order valence-corrected chi connectivity index (χ1v) is 5.37. The van der Waals surface area contributed by atoms with Crippen molar-refractivity contribution in [3.63, 3.8) is 0 Å². The molecule has 2 aliphatic rings. The molecule has 0 unspecified atom stereocenters. The van der Waals surface area contributed by atoms with Gasteiger partial charge in [0.2, 0.25) is 0 Å². The second-order valence-electron chi connectivity index (χ2n) is 4.98. The number of nitrogens with zero attached hydrogens (tertiary/aromatic N) is 1. The van der Waals surface area contributed by atoms with Gasteiger partial charge in [-0.15, -0.1) is 5.23 Å². The van der Waals surface area contributed by atoms with Crippen LogP contribution in [0.2, 0.25) is 0 Å². The summed E-state index contributed by atoms with van der Waals surface area (Å²) < 4.78 is 5.25. The molecule has 0 N–H and O–H groups in total. The van der Waals surface area contributed by atoms with Crippen molar-refractivity contribution in [3.8, 4) is 0 Å². The van der Waals surface area contributed by atoms with Crippen LogP contribution in [-0.4, -0.2) is 29.6 Å². The van der Waals surface area contributed by atoms with E-state index < -0.39 is 0 Å².